The molecule has 0 saturated carbocycles. The van der Waals surface area contributed by atoms with Crippen LogP contribution < -0.4 is 5.32 Å². The third-order valence-corrected chi connectivity index (χ3v) is 5.94. The minimum atomic E-state index is -3.56. The van der Waals surface area contributed by atoms with Gasteiger partial charge in [-0.25, -0.2) is 12.8 Å². The number of halogens is 1. The maximum Gasteiger partial charge on any atom is 0.256 e. The van der Waals surface area contributed by atoms with E-state index < -0.39 is 21.3 Å². The van der Waals surface area contributed by atoms with Crippen LogP contribution in [0.4, 0.5) is 4.39 Å². The average molecular weight is 369 g/mol. The Hall–Kier alpha value is -2.19. The molecule has 1 N–H and O–H groups in total. The number of amidine groups is 1. The molecule has 0 spiro atoms. The molecule has 0 amide bonds. The summed E-state index contributed by atoms with van der Waals surface area (Å²) in [7, 11) is 2.94. The first kappa shape index (κ1) is 17.2. The molecule has 1 atom stereocenters. The van der Waals surface area contributed by atoms with E-state index in [1.54, 1.807) is 12.1 Å². The highest BCUT2D eigenvalue weighted by Gasteiger charge is 2.42. The van der Waals surface area contributed by atoms with Crippen LogP contribution in [0.1, 0.15) is 5.56 Å². The van der Waals surface area contributed by atoms with E-state index in [4.69, 9.17) is 7.85 Å². The van der Waals surface area contributed by atoms with E-state index in [1.165, 1.54) is 6.07 Å². The Kier molecular flexibility index (Phi) is 4.12. The fourth-order valence-corrected chi connectivity index (χ4v) is 4.48. The van der Waals surface area contributed by atoms with Gasteiger partial charge in [-0.2, -0.15) is 0 Å². The van der Waals surface area contributed by atoms with Crippen molar-refractivity contribution in [3.8, 4) is 11.1 Å². The maximum absolute atomic E-state index is 14.8. The van der Waals surface area contributed by atoms with Gasteiger partial charge in [-0.1, -0.05) is 42.5 Å². The summed E-state index contributed by atoms with van der Waals surface area (Å²) in [6.45, 7) is 1.50. The minimum absolute atomic E-state index is 0.0338. The Balaban J connectivity index is 1.79. The molecule has 132 valence electrons. The van der Waals surface area contributed by atoms with Crippen molar-refractivity contribution in [2.24, 2.45) is 4.40 Å². The highest BCUT2D eigenvalue weighted by Crippen LogP contribution is 2.31. The van der Waals surface area contributed by atoms with Crippen molar-refractivity contribution >= 4 is 23.7 Å². The number of hydrogen-bond acceptors (Lipinski definition) is 4. The highest BCUT2D eigenvalue weighted by atomic mass is 32.2. The zero-order chi connectivity index (χ0) is 18.4. The number of fused-ring (bicyclic) bond motifs is 1. The van der Waals surface area contributed by atoms with Crippen LogP contribution >= 0.6 is 0 Å². The number of nitrogens with zero attached hydrogens (tertiary/aromatic N) is 2. The smallest absolute Gasteiger partial charge is 0.256 e. The topological polar surface area (TPSA) is 61.8 Å². The van der Waals surface area contributed by atoms with Crippen LogP contribution in [0, 0.1) is 5.82 Å². The van der Waals surface area contributed by atoms with Crippen molar-refractivity contribution in [1.29, 1.82) is 0 Å². The lowest BCUT2D eigenvalue weighted by Gasteiger charge is -2.45. The Bertz CT molecular complexity index is 981. The quantitative estimate of drug-likeness (QED) is 0.815. The summed E-state index contributed by atoms with van der Waals surface area (Å²) in [6, 6.07) is 13.9. The molecule has 2 aliphatic rings. The van der Waals surface area contributed by atoms with Crippen LogP contribution in [0.2, 0.25) is 0 Å². The summed E-state index contributed by atoms with van der Waals surface area (Å²) >= 11 is 0. The third kappa shape index (κ3) is 2.93. The highest BCUT2D eigenvalue weighted by molar-refractivity contribution is 7.90. The Morgan fingerprint density at radius 2 is 1.92 bits per heavy atom. The fourth-order valence-electron chi connectivity index (χ4n) is 3.42. The molecule has 4 rings (SSSR count). The lowest BCUT2D eigenvalue weighted by atomic mass is 9.69. The molecule has 0 aliphatic carbocycles. The van der Waals surface area contributed by atoms with Gasteiger partial charge in [0.1, 0.15) is 19.5 Å². The van der Waals surface area contributed by atoms with E-state index in [-0.39, 0.29) is 11.6 Å². The molecule has 26 heavy (non-hydrogen) atoms. The SMILES string of the molecule is [B]C1(c2ccc(-c3ccccc3)c(F)c2)NCCN2CCS(=O)(=O)N=C21. The van der Waals surface area contributed by atoms with Gasteiger partial charge in [0.2, 0.25) is 0 Å². The fraction of sp³-hybridized carbons (Fsp3) is 0.278. The van der Waals surface area contributed by atoms with Crippen LogP contribution in [0.5, 0.6) is 0 Å². The van der Waals surface area contributed by atoms with E-state index in [0.29, 0.717) is 30.8 Å². The number of piperazine rings is 1. The summed E-state index contributed by atoms with van der Waals surface area (Å²) < 4.78 is 42.6. The van der Waals surface area contributed by atoms with Gasteiger partial charge in [0.25, 0.3) is 10.0 Å². The van der Waals surface area contributed by atoms with Crippen LogP contribution in [-0.4, -0.2) is 52.4 Å². The van der Waals surface area contributed by atoms with Crippen molar-refractivity contribution in [2.45, 2.75) is 5.44 Å². The predicted molar refractivity (Wildman–Crippen MR) is 100 cm³/mol. The molecule has 2 aliphatic heterocycles. The van der Waals surface area contributed by atoms with Crippen molar-refractivity contribution in [3.63, 3.8) is 0 Å². The van der Waals surface area contributed by atoms with Gasteiger partial charge in [0.15, 0.2) is 0 Å². The third-order valence-electron chi connectivity index (χ3n) is 4.79. The van der Waals surface area contributed by atoms with Crippen molar-refractivity contribution in [3.05, 3.63) is 59.9 Å². The number of sulfonamides is 1. The van der Waals surface area contributed by atoms with Gasteiger partial charge in [0, 0.05) is 25.2 Å². The van der Waals surface area contributed by atoms with Gasteiger partial charge in [-0.05, 0) is 17.2 Å². The molecule has 0 aromatic heterocycles. The first-order chi connectivity index (χ1) is 12.4. The van der Waals surface area contributed by atoms with Gasteiger partial charge >= 0.3 is 0 Å². The van der Waals surface area contributed by atoms with E-state index in [9.17, 15) is 12.8 Å². The van der Waals surface area contributed by atoms with Crippen molar-refractivity contribution in [1.82, 2.24) is 10.2 Å². The van der Waals surface area contributed by atoms with E-state index in [1.807, 2.05) is 35.2 Å². The molecule has 1 unspecified atom stereocenters. The molecular weight excluding hydrogens is 352 g/mol. The van der Waals surface area contributed by atoms with Crippen LogP contribution in [-0.2, 0) is 15.5 Å². The molecule has 2 heterocycles. The molecule has 1 fully saturated rings. The molecule has 2 aromatic carbocycles. The summed E-state index contributed by atoms with van der Waals surface area (Å²) in [5, 5.41) is 3.11. The molecule has 2 aromatic rings. The molecule has 0 bridgehead atoms. The number of nitrogens with one attached hydrogen (secondary N) is 1. The van der Waals surface area contributed by atoms with Crippen LogP contribution in [0.15, 0.2) is 52.9 Å². The molecule has 8 heteroatoms. The second kappa shape index (κ2) is 6.21. The Morgan fingerprint density at radius 3 is 2.65 bits per heavy atom. The Morgan fingerprint density at radius 1 is 1.15 bits per heavy atom. The van der Waals surface area contributed by atoms with Crippen LogP contribution in [0.25, 0.3) is 11.1 Å². The van der Waals surface area contributed by atoms with Gasteiger partial charge in [-0.15, -0.1) is 4.40 Å². The molecule has 5 nitrogen and oxygen atoms in total. The number of hydrogen-bond donors (Lipinski definition) is 1. The second-order valence-electron chi connectivity index (χ2n) is 6.48. The first-order valence-corrected chi connectivity index (χ1v) is 9.97. The van der Waals surface area contributed by atoms with Gasteiger partial charge < -0.3 is 10.2 Å². The van der Waals surface area contributed by atoms with Gasteiger partial charge in [0.05, 0.1) is 11.2 Å². The normalized spacial score (nSPS) is 24.7. The zero-order valence-corrected chi connectivity index (χ0v) is 14.8. The Labute approximate surface area is 153 Å². The summed E-state index contributed by atoms with van der Waals surface area (Å²) in [4.78, 5) is 1.85. The monoisotopic (exact) mass is 369 g/mol. The lowest BCUT2D eigenvalue weighted by molar-refractivity contribution is 0.342. The number of benzene rings is 2. The predicted octanol–water partition coefficient (Wildman–Crippen LogP) is 1.46. The van der Waals surface area contributed by atoms with Crippen molar-refractivity contribution < 1.29 is 12.8 Å². The maximum atomic E-state index is 14.8. The number of rotatable bonds is 2. The zero-order valence-electron chi connectivity index (χ0n) is 14.0. The van der Waals surface area contributed by atoms with E-state index in [0.717, 1.165) is 5.56 Å². The van der Waals surface area contributed by atoms with Gasteiger partial charge in [-0.3, -0.25) is 0 Å². The molecule has 2 radical (unpaired) electrons. The van der Waals surface area contributed by atoms with Crippen LogP contribution in [0.3, 0.4) is 0 Å². The summed E-state index contributed by atoms with van der Waals surface area (Å²) in [5.74, 6) is -0.230. The minimum Gasteiger partial charge on any atom is -0.356 e. The second-order valence-corrected chi connectivity index (χ2v) is 8.24. The average Bonchev–Trinajstić information content (AvgIpc) is 2.63. The van der Waals surface area contributed by atoms with Crippen molar-refractivity contribution in [2.75, 3.05) is 25.4 Å². The molecule has 1 saturated heterocycles. The first-order valence-electron chi connectivity index (χ1n) is 8.36. The van der Waals surface area contributed by atoms with E-state index >= 15 is 0 Å². The largest absolute Gasteiger partial charge is 0.356 e. The molecular formula is C18H17BFN3O2S. The lowest BCUT2D eigenvalue weighted by Crippen LogP contribution is -2.64. The summed E-state index contributed by atoms with van der Waals surface area (Å²) in [6.07, 6.45) is 0. The summed E-state index contributed by atoms with van der Waals surface area (Å²) in [5.41, 5.74) is 0.319. The van der Waals surface area contributed by atoms with E-state index in [2.05, 4.69) is 9.71 Å². The standard InChI is InChI=1S/C18H17BFN3O2S/c19-18(17-22-26(24,25)11-10-23(17)9-8-21-18)14-6-7-15(16(20)12-14)13-4-2-1-3-5-13/h1-7,12,21H,8-11H2.